The van der Waals surface area contributed by atoms with Gasteiger partial charge in [0.1, 0.15) is 0 Å². The molecule has 0 atom stereocenters. The SMILES string of the molecule is O=C(NCCN1CCOCC1)c1cccc(C(=O)NCc2ccncc2)c1. The molecule has 2 heterocycles. The summed E-state index contributed by atoms with van der Waals surface area (Å²) in [5.41, 5.74) is 1.91. The summed E-state index contributed by atoms with van der Waals surface area (Å²) in [4.78, 5) is 30.9. The number of benzene rings is 1. The number of pyridine rings is 1. The zero-order valence-corrected chi connectivity index (χ0v) is 15.2. The zero-order valence-electron chi connectivity index (χ0n) is 15.2. The first-order valence-corrected chi connectivity index (χ1v) is 9.08. The van der Waals surface area contributed by atoms with E-state index in [0.717, 1.165) is 38.4 Å². The Hall–Kier alpha value is -2.77. The lowest BCUT2D eigenvalue weighted by Gasteiger charge is -2.26. The van der Waals surface area contributed by atoms with Crippen LogP contribution >= 0.6 is 0 Å². The van der Waals surface area contributed by atoms with Crippen molar-refractivity contribution in [1.82, 2.24) is 20.5 Å². The summed E-state index contributed by atoms with van der Waals surface area (Å²) in [6, 6.07) is 10.4. The van der Waals surface area contributed by atoms with Gasteiger partial charge in [-0.1, -0.05) is 6.07 Å². The van der Waals surface area contributed by atoms with E-state index in [1.54, 1.807) is 36.7 Å². The van der Waals surface area contributed by atoms with E-state index in [2.05, 4.69) is 20.5 Å². The number of rotatable bonds is 7. The van der Waals surface area contributed by atoms with Crippen LogP contribution in [0.2, 0.25) is 0 Å². The normalized spacial score (nSPS) is 14.5. The lowest BCUT2D eigenvalue weighted by atomic mass is 10.1. The maximum Gasteiger partial charge on any atom is 0.251 e. The fraction of sp³-hybridized carbons (Fsp3) is 0.350. The largest absolute Gasteiger partial charge is 0.379 e. The number of aromatic nitrogens is 1. The molecular formula is C20H24N4O3. The molecule has 1 aromatic carbocycles. The third kappa shape index (κ3) is 5.87. The first-order chi connectivity index (χ1) is 13.2. The van der Waals surface area contributed by atoms with Gasteiger partial charge in [-0.25, -0.2) is 0 Å². The Kier molecular flexibility index (Phi) is 6.90. The van der Waals surface area contributed by atoms with Gasteiger partial charge in [0.25, 0.3) is 11.8 Å². The van der Waals surface area contributed by atoms with E-state index < -0.39 is 0 Å². The molecule has 1 aliphatic heterocycles. The van der Waals surface area contributed by atoms with Crippen molar-refractivity contribution in [3.8, 4) is 0 Å². The smallest absolute Gasteiger partial charge is 0.251 e. The fourth-order valence-corrected chi connectivity index (χ4v) is 2.84. The monoisotopic (exact) mass is 368 g/mol. The van der Waals surface area contributed by atoms with Gasteiger partial charge < -0.3 is 15.4 Å². The van der Waals surface area contributed by atoms with Crippen molar-refractivity contribution in [2.24, 2.45) is 0 Å². The molecule has 0 unspecified atom stereocenters. The van der Waals surface area contributed by atoms with Crippen LogP contribution in [-0.4, -0.2) is 61.1 Å². The molecule has 2 amide bonds. The average Bonchev–Trinajstić information content (AvgIpc) is 2.73. The highest BCUT2D eigenvalue weighted by molar-refractivity contribution is 5.99. The minimum Gasteiger partial charge on any atom is -0.379 e. The zero-order chi connectivity index (χ0) is 18.9. The number of ether oxygens (including phenoxy) is 1. The van der Waals surface area contributed by atoms with Crippen molar-refractivity contribution >= 4 is 11.8 Å². The van der Waals surface area contributed by atoms with E-state index in [9.17, 15) is 9.59 Å². The molecule has 0 saturated carbocycles. The van der Waals surface area contributed by atoms with E-state index in [4.69, 9.17) is 4.74 Å². The molecule has 0 aliphatic carbocycles. The van der Waals surface area contributed by atoms with Crippen LogP contribution in [0.1, 0.15) is 26.3 Å². The highest BCUT2D eigenvalue weighted by Crippen LogP contribution is 2.06. The van der Waals surface area contributed by atoms with Crippen molar-refractivity contribution in [1.29, 1.82) is 0 Å². The topological polar surface area (TPSA) is 83.6 Å². The van der Waals surface area contributed by atoms with Crippen LogP contribution in [0.15, 0.2) is 48.8 Å². The van der Waals surface area contributed by atoms with Crippen LogP contribution in [0.3, 0.4) is 0 Å². The second-order valence-corrected chi connectivity index (χ2v) is 6.33. The van der Waals surface area contributed by atoms with Crippen LogP contribution < -0.4 is 10.6 Å². The Morgan fingerprint density at radius 3 is 2.37 bits per heavy atom. The Morgan fingerprint density at radius 1 is 1.00 bits per heavy atom. The number of morpholine rings is 1. The Morgan fingerprint density at radius 2 is 1.67 bits per heavy atom. The standard InChI is InChI=1S/C20H24N4O3/c25-19(22-8-9-24-10-12-27-13-11-24)17-2-1-3-18(14-17)20(26)23-15-16-4-6-21-7-5-16/h1-7,14H,8-13,15H2,(H,22,25)(H,23,26). The van der Waals surface area contributed by atoms with Gasteiger partial charge in [-0.2, -0.15) is 0 Å². The molecule has 27 heavy (non-hydrogen) atoms. The molecule has 7 nitrogen and oxygen atoms in total. The molecule has 2 aromatic rings. The third-order valence-corrected chi connectivity index (χ3v) is 4.41. The van der Waals surface area contributed by atoms with Gasteiger partial charge in [-0.15, -0.1) is 0 Å². The van der Waals surface area contributed by atoms with E-state index in [1.165, 1.54) is 0 Å². The fourth-order valence-electron chi connectivity index (χ4n) is 2.84. The molecule has 0 bridgehead atoms. The molecular weight excluding hydrogens is 344 g/mol. The maximum absolute atomic E-state index is 12.3. The summed E-state index contributed by atoms with van der Waals surface area (Å²) in [5, 5.41) is 5.76. The Labute approximate surface area is 158 Å². The van der Waals surface area contributed by atoms with Crippen LogP contribution in [0.4, 0.5) is 0 Å². The summed E-state index contributed by atoms with van der Waals surface area (Å²) in [6.07, 6.45) is 3.37. The molecule has 0 spiro atoms. The van der Waals surface area contributed by atoms with E-state index >= 15 is 0 Å². The number of carbonyl (C=O) groups is 2. The van der Waals surface area contributed by atoms with Gasteiger partial charge in [-0.05, 0) is 35.9 Å². The number of hydrogen-bond donors (Lipinski definition) is 2. The van der Waals surface area contributed by atoms with E-state index in [1.807, 2.05) is 12.1 Å². The molecule has 0 radical (unpaired) electrons. The van der Waals surface area contributed by atoms with Gasteiger partial charge in [0.05, 0.1) is 13.2 Å². The highest BCUT2D eigenvalue weighted by Gasteiger charge is 2.12. The molecule has 2 N–H and O–H groups in total. The van der Waals surface area contributed by atoms with Crippen LogP contribution in [-0.2, 0) is 11.3 Å². The predicted molar refractivity (Wildman–Crippen MR) is 101 cm³/mol. The third-order valence-electron chi connectivity index (χ3n) is 4.41. The van der Waals surface area contributed by atoms with Crippen LogP contribution in [0, 0.1) is 0 Å². The summed E-state index contributed by atoms with van der Waals surface area (Å²) >= 11 is 0. The van der Waals surface area contributed by atoms with Crippen LogP contribution in [0.5, 0.6) is 0 Å². The molecule has 1 aliphatic rings. The van der Waals surface area contributed by atoms with Gasteiger partial charge in [0.2, 0.25) is 0 Å². The molecule has 1 aromatic heterocycles. The number of nitrogens with zero attached hydrogens (tertiary/aromatic N) is 2. The number of carbonyl (C=O) groups excluding carboxylic acids is 2. The van der Waals surface area contributed by atoms with Crippen molar-refractivity contribution in [2.45, 2.75) is 6.54 Å². The average molecular weight is 368 g/mol. The maximum atomic E-state index is 12.3. The predicted octanol–water partition coefficient (Wildman–Crippen LogP) is 1.07. The number of hydrogen-bond acceptors (Lipinski definition) is 5. The van der Waals surface area contributed by atoms with Crippen molar-refractivity contribution in [3.05, 3.63) is 65.5 Å². The molecule has 3 rings (SSSR count). The van der Waals surface area contributed by atoms with E-state index in [0.29, 0.717) is 24.2 Å². The number of nitrogens with one attached hydrogen (secondary N) is 2. The van der Waals surface area contributed by atoms with Gasteiger partial charge >= 0.3 is 0 Å². The summed E-state index contributed by atoms with van der Waals surface area (Å²) < 4.78 is 5.31. The first-order valence-electron chi connectivity index (χ1n) is 9.08. The van der Waals surface area contributed by atoms with Crippen LogP contribution in [0.25, 0.3) is 0 Å². The molecule has 142 valence electrons. The lowest BCUT2D eigenvalue weighted by molar-refractivity contribution is 0.0383. The summed E-state index contributed by atoms with van der Waals surface area (Å²) in [6.45, 7) is 5.04. The second-order valence-electron chi connectivity index (χ2n) is 6.33. The summed E-state index contributed by atoms with van der Waals surface area (Å²) in [5.74, 6) is -0.387. The van der Waals surface area contributed by atoms with Gasteiger partial charge in [-0.3, -0.25) is 19.5 Å². The lowest BCUT2D eigenvalue weighted by Crippen LogP contribution is -2.41. The van der Waals surface area contributed by atoms with Gasteiger partial charge in [0.15, 0.2) is 0 Å². The van der Waals surface area contributed by atoms with Crippen molar-refractivity contribution in [2.75, 3.05) is 39.4 Å². The second kappa shape index (κ2) is 9.80. The molecule has 1 fully saturated rings. The first kappa shape index (κ1) is 19.0. The molecule has 1 saturated heterocycles. The van der Waals surface area contributed by atoms with Crippen molar-refractivity contribution < 1.29 is 14.3 Å². The Balaban J connectivity index is 1.49. The minimum atomic E-state index is -0.213. The molecule has 7 heteroatoms. The summed E-state index contributed by atoms with van der Waals surface area (Å²) in [7, 11) is 0. The van der Waals surface area contributed by atoms with E-state index in [-0.39, 0.29) is 11.8 Å². The highest BCUT2D eigenvalue weighted by atomic mass is 16.5. The van der Waals surface area contributed by atoms with Crippen molar-refractivity contribution in [3.63, 3.8) is 0 Å². The minimum absolute atomic E-state index is 0.174. The quantitative estimate of drug-likeness (QED) is 0.764. The number of amides is 2. The Bertz CT molecular complexity index is 761. The van der Waals surface area contributed by atoms with Gasteiger partial charge in [0, 0.05) is 56.2 Å².